The molecule has 0 aromatic rings. The van der Waals surface area contributed by atoms with Gasteiger partial charge in [-0.3, -0.25) is 4.79 Å². The largest absolute Gasteiger partial charge is 0.469 e. The lowest BCUT2D eigenvalue weighted by Gasteiger charge is -2.26. The van der Waals surface area contributed by atoms with Crippen molar-refractivity contribution in [1.82, 2.24) is 5.32 Å². The van der Waals surface area contributed by atoms with Crippen LogP contribution in [0.5, 0.6) is 0 Å². The molecule has 2 aliphatic rings. The maximum atomic E-state index is 12.3. The fourth-order valence-corrected chi connectivity index (χ4v) is 4.20. The van der Waals surface area contributed by atoms with Gasteiger partial charge in [0.2, 0.25) is 0 Å². The van der Waals surface area contributed by atoms with Gasteiger partial charge in [-0.1, -0.05) is 31.8 Å². The summed E-state index contributed by atoms with van der Waals surface area (Å²) >= 11 is 0. The Morgan fingerprint density at radius 3 is 2.41 bits per heavy atom. The molecule has 4 unspecified atom stereocenters. The van der Waals surface area contributed by atoms with Crippen molar-refractivity contribution >= 4 is 17.8 Å². The van der Waals surface area contributed by atoms with Gasteiger partial charge < -0.3 is 19.6 Å². The van der Waals surface area contributed by atoms with Crippen LogP contribution in [0.15, 0.2) is 5.16 Å². The fraction of sp³-hybridized carbons (Fsp3) is 0.850. The van der Waals surface area contributed by atoms with Gasteiger partial charge in [-0.15, -0.1) is 0 Å². The number of hydrogen-bond acceptors (Lipinski definition) is 6. The predicted molar refractivity (Wildman–Crippen MR) is 102 cm³/mol. The van der Waals surface area contributed by atoms with Gasteiger partial charge >= 0.3 is 12.1 Å². The molecule has 0 bridgehead atoms. The van der Waals surface area contributed by atoms with Crippen molar-refractivity contribution in [3.05, 3.63) is 0 Å². The molecule has 2 rings (SSSR count). The van der Waals surface area contributed by atoms with Crippen LogP contribution in [0.1, 0.15) is 66.7 Å². The molecule has 1 aliphatic heterocycles. The molecule has 1 N–H and O–H groups in total. The lowest BCUT2D eigenvalue weighted by atomic mass is 9.82. The second-order valence-corrected chi connectivity index (χ2v) is 8.50. The first-order valence-corrected chi connectivity index (χ1v) is 10.0. The summed E-state index contributed by atoms with van der Waals surface area (Å²) in [4.78, 5) is 30.3. The molecule has 0 radical (unpaired) electrons. The van der Waals surface area contributed by atoms with Crippen LogP contribution in [-0.2, 0) is 19.1 Å². The lowest BCUT2D eigenvalue weighted by Crippen LogP contribution is -2.45. The van der Waals surface area contributed by atoms with Crippen LogP contribution in [-0.4, -0.2) is 42.6 Å². The molecular weight excluding hydrogens is 348 g/mol. The number of hydrogen-bond donors (Lipinski definition) is 1. The summed E-state index contributed by atoms with van der Waals surface area (Å²) < 4.78 is 10.4. The van der Waals surface area contributed by atoms with Crippen molar-refractivity contribution < 1.29 is 23.9 Å². The van der Waals surface area contributed by atoms with E-state index in [1.165, 1.54) is 7.11 Å². The molecule has 1 heterocycles. The van der Waals surface area contributed by atoms with E-state index >= 15 is 0 Å². The van der Waals surface area contributed by atoms with E-state index in [2.05, 4.69) is 24.3 Å². The molecule has 7 heteroatoms. The van der Waals surface area contributed by atoms with Crippen LogP contribution in [0.2, 0.25) is 0 Å². The number of methoxy groups -OCH3 is 1. The molecule has 7 nitrogen and oxygen atoms in total. The molecule has 27 heavy (non-hydrogen) atoms. The average Bonchev–Trinajstić information content (AvgIpc) is 3.13. The molecule has 1 aliphatic carbocycles. The summed E-state index contributed by atoms with van der Waals surface area (Å²) in [5, 5.41) is 7.33. The van der Waals surface area contributed by atoms with E-state index in [-0.39, 0.29) is 24.0 Å². The Balaban J connectivity index is 2.22. The number of fused-ring (bicyclic) bond motifs is 1. The Morgan fingerprint density at radius 2 is 1.89 bits per heavy atom. The summed E-state index contributed by atoms with van der Waals surface area (Å²) in [5.74, 6) is -0.582. The van der Waals surface area contributed by atoms with Crippen LogP contribution >= 0.6 is 0 Å². The maximum absolute atomic E-state index is 12.3. The number of nitrogens with one attached hydrogen (secondary N) is 1. The Kier molecular flexibility index (Phi) is 7.12. The SMILES string of the molecule is CCCC(CCC)C1=NOC2C(C(=O)OC)CC(NC(=O)OC(C)(C)C)C12. The van der Waals surface area contributed by atoms with Gasteiger partial charge in [0.1, 0.15) is 5.60 Å². The highest BCUT2D eigenvalue weighted by atomic mass is 16.6. The minimum absolute atomic E-state index is 0.121. The zero-order valence-electron chi connectivity index (χ0n) is 17.4. The summed E-state index contributed by atoms with van der Waals surface area (Å²) in [6.07, 6.45) is 3.72. The van der Waals surface area contributed by atoms with Crippen LogP contribution in [0.3, 0.4) is 0 Å². The van der Waals surface area contributed by atoms with Crippen LogP contribution in [0.4, 0.5) is 4.79 Å². The monoisotopic (exact) mass is 382 g/mol. The van der Waals surface area contributed by atoms with E-state index in [0.717, 1.165) is 31.4 Å². The van der Waals surface area contributed by atoms with Crippen molar-refractivity contribution in [2.45, 2.75) is 84.5 Å². The van der Waals surface area contributed by atoms with Crippen molar-refractivity contribution in [3.63, 3.8) is 0 Å². The van der Waals surface area contributed by atoms with Crippen molar-refractivity contribution in [1.29, 1.82) is 0 Å². The van der Waals surface area contributed by atoms with Crippen LogP contribution in [0.25, 0.3) is 0 Å². The van der Waals surface area contributed by atoms with E-state index in [0.29, 0.717) is 12.3 Å². The van der Waals surface area contributed by atoms with Gasteiger partial charge in [0, 0.05) is 12.0 Å². The summed E-state index contributed by atoms with van der Waals surface area (Å²) in [5.41, 5.74) is 0.385. The third-order valence-corrected chi connectivity index (χ3v) is 5.21. The number of rotatable bonds is 7. The van der Waals surface area contributed by atoms with E-state index in [9.17, 15) is 9.59 Å². The van der Waals surface area contributed by atoms with Crippen molar-refractivity contribution in [2.75, 3.05) is 7.11 Å². The highest BCUT2D eigenvalue weighted by Crippen LogP contribution is 2.42. The molecule has 0 spiro atoms. The molecule has 0 aromatic heterocycles. The Labute approximate surface area is 162 Å². The third-order valence-electron chi connectivity index (χ3n) is 5.21. The van der Waals surface area contributed by atoms with Gasteiger partial charge in [-0.05, 0) is 40.0 Å². The van der Waals surface area contributed by atoms with Crippen molar-refractivity contribution in [3.8, 4) is 0 Å². The molecule has 4 atom stereocenters. The van der Waals surface area contributed by atoms with E-state index in [1.807, 2.05) is 20.8 Å². The van der Waals surface area contributed by atoms with Crippen LogP contribution in [0, 0.1) is 17.8 Å². The molecule has 0 saturated heterocycles. The number of ether oxygens (including phenoxy) is 2. The topological polar surface area (TPSA) is 86.2 Å². The number of carbonyl (C=O) groups is 2. The number of alkyl carbamates (subject to hydrolysis) is 1. The zero-order chi connectivity index (χ0) is 20.2. The predicted octanol–water partition coefficient (Wildman–Crippen LogP) is 3.66. The molecule has 1 fully saturated rings. The number of oxime groups is 1. The highest BCUT2D eigenvalue weighted by molar-refractivity contribution is 5.93. The Morgan fingerprint density at radius 1 is 1.26 bits per heavy atom. The lowest BCUT2D eigenvalue weighted by molar-refractivity contribution is -0.149. The quantitative estimate of drug-likeness (QED) is 0.679. The average molecular weight is 383 g/mol. The number of esters is 1. The van der Waals surface area contributed by atoms with Gasteiger partial charge in [0.15, 0.2) is 6.10 Å². The second-order valence-electron chi connectivity index (χ2n) is 8.50. The Bertz CT molecular complexity index is 563. The number of amides is 1. The second kappa shape index (κ2) is 8.93. The van der Waals surface area contributed by atoms with Gasteiger partial charge in [-0.2, -0.15) is 0 Å². The summed E-state index contributed by atoms with van der Waals surface area (Å²) in [7, 11) is 1.37. The van der Waals surface area contributed by atoms with Gasteiger partial charge in [0.05, 0.1) is 24.7 Å². The molecule has 1 saturated carbocycles. The number of nitrogens with zero attached hydrogens (tertiary/aromatic N) is 1. The normalized spacial score (nSPS) is 27.0. The van der Waals surface area contributed by atoms with E-state index in [4.69, 9.17) is 14.3 Å². The number of carbonyl (C=O) groups excluding carboxylic acids is 2. The minimum Gasteiger partial charge on any atom is -0.469 e. The van der Waals surface area contributed by atoms with Gasteiger partial charge in [-0.25, -0.2) is 4.79 Å². The fourth-order valence-electron chi connectivity index (χ4n) is 4.20. The van der Waals surface area contributed by atoms with Crippen molar-refractivity contribution in [2.24, 2.45) is 22.9 Å². The summed E-state index contributed by atoms with van der Waals surface area (Å²) in [6, 6.07) is -0.258. The smallest absolute Gasteiger partial charge is 0.407 e. The first-order valence-electron chi connectivity index (χ1n) is 10.0. The minimum atomic E-state index is -0.583. The Hall–Kier alpha value is -1.79. The molecule has 1 amide bonds. The summed E-state index contributed by atoms with van der Waals surface area (Å²) in [6.45, 7) is 9.78. The van der Waals surface area contributed by atoms with Crippen LogP contribution < -0.4 is 5.32 Å². The van der Waals surface area contributed by atoms with Gasteiger partial charge in [0.25, 0.3) is 0 Å². The first kappa shape index (κ1) is 21.5. The standard InChI is InChI=1S/C20H34N2O5/c1-7-9-12(10-8-2)16-15-14(21-19(24)26-20(3,4)5)11-13(18(23)25-6)17(15)27-22-16/h12-15,17H,7-11H2,1-6H3,(H,21,24). The highest BCUT2D eigenvalue weighted by Gasteiger charge is 2.55. The maximum Gasteiger partial charge on any atom is 0.407 e. The third kappa shape index (κ3) is 5.14. The molecule has 0 aromatic carbocycles. The molecule has 154 valence electrons. The van der Waals surface area contributed by atoms with E-state index in [1.54, 1.807) is 0 Å². The first-order chi connectivity index (χ1) is 12.7. The zero-order valence-corrected chi connectivity index (χ0v) is 17.4. The van der Waals surface area contributed by atoms with E-state index < -0.39 is 17.6 Å². The molecular formula is C20H34N2O5.